The second-order valence-corrected chi connectivity index (χ2v) is 8.40. The quantitative estimate of drug-likeness (QED) is 0.829. The lowest BCUT2D eigenvalue weighted by molar-refractivity contribution is 0.0191. The van der Waals surface area contributed by atoms with Gasteiger partial charge in [0.1, 0.15) is 0 Å². The summed E-state index contributed by atoms with van der Waals surface area (Å²) in [5.41, 5.74) is 1.75. The summed E-state index contributed by atoms with van der Waals surface area (Å²) in [7, 11) is -3.28. The number of fused-ring (bicyclic) bond motifs is 1. The van der Waals surface area contributed by atoms with E-state index >= 15 is 0 Å². The summed E-state index contributed by atoms with van der Waals surface area (Å²) in [6.07, 6.45) is 2.65. The molecular weight excluding hydrogens is 324 g/mol. The highest BCUT2D eigenvalue weighted by Crippen LogP contribution is 2.17. The summed E-state index contributed by atoms with van der Waals surface area (Å²) in [4.78, 5) is 4.36. The molecule has 22 heavy (non-hydrogen) atoms. The van der Waals surface area contributed by atoms with Gasteiger partial charge >= 0.3 is 0 Å². The molecule has 120 valence electrons. The molecule has 7 nitrogen and oxygen atoms in total. The van der Waals surface area contributed by atoms with E-state index in [4.69, 9.17) is 4.74 Å². The van der Waals surface area contributed by atoms with Gasteiger partial charge in [-0.15, -0.1) is 11.3 Å². The molecule has 0 fully saturated rings. The van der Waals surface area contributed by atoms with Crippen LogP contribution in [0.5, 0.6) is 0 Å². The van der Waals surface area contributed by atoms with E-state index in [2.05, 4.69) is 10.1 Å². The molecule has 2 aromatic heterocycles. The van der Waals surface area contributed by atoms with Gasteiger partial charge in [0.25, 0.3) is 0 Å². The summed E-state index contributed by atoms with van der Waals surface area (Å²) in [6.45, 7) is 3.52. The molecule has 3 heterocycles. The van der Waals surface area contributed by atoms with Crippen molar-refractivity contribution in [2.75, 3.05) is 12.8 Å². The third-order valence-corrected chi connectivity index (χ3v) is 5.57. The third kappa shape index (κ3) is 3.54. The first-order valence-electron chi connectivity index (χ1n) is 6.90. The van der Waals surface area contributed by atoms with Crippen LogP contribution in [0.2, 0.25) is 0 Å². The molecule has 0 unspecified atom stereocenters. The molecule has 1 aliphatic rings. The van der Waals surface area contributed by atoms with E-state index in [9.17, 15) is 8.42 Å². The van der Waals surface area contributed by atoms with Crippen LogP contribution in [0.15, 0.2) is 17.6 Å². The third-order valence-electron chi connectivity index (χ3n) is 3.53. The van der Waals surface area contributed by atoms with E-state index in [0.717, 1.165) is 16.4 Å². The molecule has 1 atom stereocenters. The molecule has 0 spiro atoms. The monoisotopic (exact) mass is 342 g/mol. The molecule has 9 heteroatoms. The van der Waals surface area contributed by atoms with Crippen molar-refractivity contribution in [2.24, 2.45) is 0 Å². The van der Waals surface area contributed by atoms with Crippen molar-refractivity contribution in [3.05, 3.63) is 34.0 Å². The Morgan fingerprint density at radius 1 is 1.45 bits per heavy atom. The zero-order valence-electron chi connectivity index (χ0n) is 12.5. The van der Waals surface area contributed by atoms with E-state index in [1.807, 2.05) is 23.1 Å². The fourth-order valence-electron chi connectivity index (χ4n) is 2.42. The van der Waals surface area contributed by atoms with Crippen molar-refractivity contribution < 1.29 is 13.2 Å². The van der Waals surface area contributed by atoms with Crippen LogP contribution in [0.1, 0.15) is 16.4 Å². The Hall–Kier alpha value is -1.29. The van der Waals surface area contributed by atoms with Crippen LogP contribution in [-0.4, -0.2) is 46.4 Å². The van der Waals surface area contributed by atoms with Gasteiger partial charge in [0, 0.05) is 18.1 Å². The Balaban J connectivity index is 1.75. The lowest BCUT2D eigenvalue weighted by Gasteiger charge is -2.21. The van der Waals surface area contributed by atoms with Gasteiger partial charge in [-0.3, -0.25) is 4.68 Å². The highest BCUT2D eigenvalue weighted by molar-refractivity contribution is 7.88. The zero-order valence-corrected chi connectivity index (χ0v) is 14.1. The summed E-state index contributed by atoms with van der Waals surface area (Å²) >= 11 is 1.57. The van der Waals surface area contributed by atoms with Gasteiger partial charge in [-0.1, -0.05) is 0 Å². The maximum Gasteiger partial charge on any atom is 0.211 e. The van der Waals surface area contributed by atoms with Gasteiger partial charge in [-0.2, -0.15) is 9.40 Å². The molecule has 0 radical (unpaired) electrons. The lowest BCUT2D eigenvalue weighted by Crippen LogP contribution is -2.36. The SMILES string of the molecule is Cc1nc(CO[C@H]2CN(S(C)(=O)=O)Cc3ccnn3C2)cs1. The number of sulfonamides is 1. The summed E-state index contributed by atoms with van der Waals surface area (Å²) < 4.78 is 33.0. The van der Waals surface area contributed by atoms with Crippen LogP contribution in [0, 0.1) is 6.92 Å². The van der Waals surface area contributed by atoms with Gasteiger partial charge in [0.05, 0.1) is 48.5 Å². The lowest BCUT2D eigenvalue weighted by atomic mass is 10.3. The number of ether oxygens (including phenoxy) is 1. The van der Waals surface area contributed by atoms with Crippen LogP contribution < -0.4 is 0 Å². The van der Waals surface area contributed by atoms with Crippen LogP contribution >= 0.6 is 11.3 Å². The molecule has 3 rings (SSSR count). The Morgan fingerprint density at radius 2 is 2.27 bits per heavy atom. The van der Waals surface area contributed by atoms with Gasteiger partial charge in [-0.05, 0) is 13.0 Å². The number of thiazole rings is 1. The number of aromatic nitrogens is 3. The Kier molecular flexibility index (Phi) is 4.31. The van der Waals surface area contributed by atoms with Crippen LogP contribution in [0.3, 0.4) is 0 Å². The average Bonchev–Trinajstić information content (AvgIpc) is 3.00. The maximum atomic E-state index is 11.9. The molecule has 0 saturated carbocycles. The van der Waals surface area contributed by atoms with Gasteiger partial charge in [0.15, 0.2) is 0 Å². The minimum atomic E-state index is -3.28. The molecule has 0 amide bonds. The second-order valence-electron chi connectivity index (χ2n) is 5.35. The molecular formula is C13H18N4O3S2. The fourth-order valence-corrected chi connectivity index (χ4v) is 3.82. The predicted molar refractivity (Wildman–Crippen MR) is 82.9 cm³/mol. The van der Waals surface area contributed by atoms with E-state index in [-0.39, 0.29) is 6.10 Å². The standard InChI is InChI=1S/C13H18N4O3S2/c1-10-15-11(9-21-10)8-20-13-6-16(22(2,18)19)5-12-3-4-14-17(12)7-13/h3-4,9,13H,5-8H2,1-2H3/t13-/m0/s1. The van der Waals surface area contributed by atoms with Crippen LogP contribution in [0.4, 0.5) is 0 Å². The highest BCUT2D eigenvalue weighted by Gasteiger charge is 2.28. The van der Waals surface area contributed by atoms with Crippen molar-refractivity contribution in [1.82, 2.24) is 19.1 Å². The largest absolute Gasteiger partial charge is 0.369 e. The summed E-state index contributed by atoms with van der Waals surface area (Å²) in [6, 6.07) is 1.84. The Labute approximate surface area is 133 Å². The fraction of sp³-hybridized carbons (Fsp3) is 0.538. The van der Waals surface area contributed by atoms with E-state index < -0.39 is 10.0 Å². The van der Waals surface area contributed by atoms with Gasteiger partial charge in [-0.25, -0.2) is 13.4 Å². The molecule has 2 aromatic rings. The number of aryl methyl sites for hydroxylation is 1. The smallest absolute Gasteiger partial charge is 0.211 e. The van der Waals surface area contributed by atoms with Crippen molar-refractivity contribution in [1.29, 1.82) is 0 Å². The van der Waals surface area contributed by atoms with E-state index in [1.54, 1.807) is 17.5 Å². The Morgan fingerprint density at radius 3 is 2.95 bits per heavy atom. The molecule has 0 aliphatic carbocycles. The Bertz CT molecular complexity index is 753. The average molecular weight is 342 g/mol. The van der Waals surface area contributed by atoms with Crippen LogP contribution in [0.25, 0.3) is 0 Å². The number of rotatable bonds is 4. The first kappa shape index (κ1) is 15.6. The van der Waals surface area contributed by atoms with Crippen LogP contribution in [-0.2, 0) is 34.5 Å². The van der Waals surface area contributed by atoms with E-state index in [0.29, 0.717) is 26.2 Å². The van der Waals surface area contributed by atoms with Gasteiger partial charge in [0.2, 0.25) is 10.0 Å². The first-order valence-corrected chi connectivity index (χ1v) is 9.63. The summed E-state index contributed by atoms with van der Waals surface area (Å²) in [5.74, 6) is 0. The number of hydrogen-bond acceptors (Lipinski definition) is 6. The maximum absolute atomic E-state index is 11.9. The first-order chi connectivity index (χ1) is 10.4. The second kappa shape index (κ2) is 6.07. The summed E-state index contributed by atoms with van der Waals surface area (Å²) in [5, 5.41) is 7.19. The molecule has 0 bridgehead atoms. The van der Waals surface area contributed by atoms with Crippen molar-refractivity contribution in [3.8, 4) is 0 Å². The van der Waals surface area contributed by atoms with E-state index in [1.165, 1.54) is 10.6 Å². The molecule has 0 saturated heterocycles. The van der Waals surface area contributed by atoms with Gasteiger partial charge < -0.3 is 4.74 Å². The topological polar surface area (TPSA) is 77.3 Å². The minimum absolute atomic E-state index is 0.252. The molecule has 0 N–H and O–H groups in total. The molecule has 1 aliphatic heterocycles. The predicted octanol–water partition coefficient (Wildman–Crippen LogP) is 1.01. The normalized spacial score (nSPS) is 19.8. The molecule has 0 aromatic carbocycles. The van der Waals surface area contributed by atoms with Crippen molar-refractivity contribution in [2.45, 2.75) is 32.7 Å². The zero-order chi connectivity index (χ0) is 15.7. The minimum Gasteiger partial charge on any atom is -0.369 e. The number of hydrogen-bond donors (Lipinski definition) is 0. The van der Waals surface area contributed by atoms with Crippen molar-refractivity contribution >= 4 is 21.4 Å². The van der Waals surface area contributed by atoms with Crippen molar-refractivity contribution in [3.63, 3.8) is 0 Å². The number of nitrogens with zero attached hydrogens (tertiary/aromatic N) is 4. The highest BCUT2D eigenvalue weighted by atomic mass is 32.2.